The molecule has 7 nitrogen and oxygen atoms in total. The van der Waals surface area contributed by atoms with Crippen molar-refractivity contribution in [3.8, 4) is 11.1 Å². The second-order valence-corrected chi connectivity index (χ2v) is 10.1. The first-order chi connectivity index (χ1) is 18.6. The molecule has 38 heavy (non-hydrogen) atoms. The molecule has 1 fully saturated rings. The average molecular weight is 509 g/mol. The lowest BCUT2D eigenvalue weighted by molar-refractivity contribution is 0.0626. The van der Waals surface area contributed by atoms with E-state index in [9.17, 15) is 4.79 Å². The molecule has 1 aliphatic rings. The van der Waals surface area contributed by atoms with Crippen LogP contribution in [-0.2, 0) is 6.54 Å². The number of nitrogens with zero attached hydrogens (tertiary/aromatic N) is 5. The fraction of sp³-hybridized carbons (Fsp3) is 0.323. The molecule has 7 heteroatoms. The Kier molecular flexibility index (Phi) is 8.26. The molecule has 4 aromatic rings. The van der Waals surface area contributed by atoms with Crippen LogP contribution in [0.3, 0.4) is 0 Å². The van der Waals surface area contributed by atoms with Gasteiger partial charge in [-0.15, -0.1) is 0 Å². The van der Waals surface area contributed by atoms with Gasteiger partial charge in [-0.3, -0.25) is 9.69 Å². The second-order valence-electron chi connectivity index (χ2n) is 10.1. The number of para-hydroxylation sites is 1. The van der Waals surface area contributed by atoms with Gasteiger partial charge in [0.05, 0.1) is 12.1 Å². The van der Waals surface area contributed by atoms with Crippen molar-refractivity contribution in [2.24, 2.45) is 0 Å². The fourth-order valence-electron chi connectivity index (χ4n) is 4.95. The average Bonchev–Trinajstić information content (AvgIpc) is 2.95. The molecule has 1 N–H and O–H groups in total. The number of carbonyl (C=O) groups excluding carboxylic acids is 1. The van der Waals surface area contributed by atoms with Gasteiger partial charge < -0.3 is 15.1 Å². The van der Waals surface area contributed by atoms with Gasteiger partial charge in [0.15, 0.2) is 0 Å². The SMILES string of the molecule is CN(C)CCCNc1nc(CN2CCN(C(=O)c3ccccc3-c3ccccc3)CC2)nc2ccccc12. The quantitative estimate of drug-likeness (QED) is 0.333. The van der Waals surface area contributed by atoms with Crippen LogP contribution >= 0.6 is 0 Å². The molecule has 0 aliphatic carbocycles. The van der Waals surface area contributed by atoms with Crippen molar-refractivity contribution in [2.75, 3.05) is 58.7 Å². The number of piperazine rings is 1. The molecular formula is C31H36N6O. The molecule has 0 unspecified atom stereocenters. The summed E-state index contributed by atoms with van der Waals surface area (Å²) in [6.45, 7) is 5.52. The van der Waals surface area contributed by atoms with Crippen molar-refractivity contribution in [1.82, 2.24) is 24.7 Å². The maximum Gasteiger partial charge on any atom is 0.254 e. The molecule has 1 saturated heterocycles. The summed E-state index contributed by atoms with van der Waals surface area (Å²) in [5.74, 6) is 1.80. The number of aromatic nitrogens is 2. The Bertz CT molecular complexity index is 1370. The lowest BCUT2D eigenvalue weighted by Crippen LogP contribution is -2.48. The zero-order chi connectivity index (χ0) is 26.3. The normalized spacial score (nSPS) is 14.2. The van der Waals surface area contributed by atoms with Gasteiger partial charge in [-0.05, 0) is 56.4 Å². The highest BCUT2D eigenvalue weighted by atomic mass is 16.2. The Balaban J connectivity index is 1.24. The number of amides is 1. The highest BCUT2D eigenvalue weighted by molar-refractivity contribution is 6.01. The largest absolute Gasteiger partial charge is 0.369 e. The summed E-state index contributed by atoms with van der Waals surface area (Å²) in [4.78, 5) is 29.7. The molecule has 3 aromatic carbocycles. The Morgan fingerprint density at radius 1 is 0.868 bits per heavy atom. The summed E-state index contributed by atoms with van der Waals surface area (Å²) >= 11 is 0. The van der Waals surface area contributed by atoms with Crippen molar-refractivity contribution in [3.63, 3.8) is 0 Å². The van der Waals surface area contributed by atoms with E-state index in [1.165, 1.54) is 0 Å². The summed E-state index contributed by atoms with van der Waals surface area (Å²) in [7, 11) is 4.18. The van der Waals surface area contributed by atoms with Gasteiger partial charge in [-0.25, -0.2) is 9.97 Å². The van der Waals surface area contributed by atoms with E-state index >= 15 is 0 Å². The van der Waals surface area contributed by atoms with E-state index < -0.39 is 0 Å². The minimum atomic E-state index is 0.0928. The van der Waals surface area contributed by atoms with E-state index in [0.717, 1.165) is 71.8 Å². The Hall–Kier alpha value is -3.81. The van der Waals surface area contributed by atoms with Crippen LogP contribution in [-0.4, -0.2) is 83.9 Å². The van der Waals surface area contributed by atoms with Crippen LogP contribution in [0.25, 0.3) is 22.0 Å². The summed E-state index contributed by atoms with van der Waals surface area (Å²) < 4.78 is 0. The second kappa shape index (κ2) is 12.2. The van der Waals surface area contributed by atoms with E-state index in [2.05, 4.69) is 47.4 Å². The molecule has 0 bridgehead atoms. The summed E-state index contributed by atoms with van der Waals surface area (Å²) in [5.41, 5.74) is 3.76. The van der Waals surface area contributed by atoms with Gasteiger partial charge in [0.25, 0.3) is 5.91 Å². The molecule has 0 radical (unpaired) electrons. The lowest BCUT2D eigenvalue weighted by Gasteiger charge is -2.34. The van der Waals surface area contributed by atoms with Crippen molar-refractivity contribution in [1.29, 1.82) is 0 Å². The van der Waals surface area contributed by atoms with E-state index in [1.807, 2.05) is 65.6 Å². The van der Waals surface area contributed by atoms with Crippen molar-refractivity contribution < 1.29 is 4.79 Å². The van der Waals surface area contributed by atoms with Crippen LogP contribution in [0.2, 0.25) is 0 Å². The highest BCUT2D eigenvalue weighted by Gasteiger charge is 2.24. The van der Waals surface area contributed by atoms with Crippen LogP contribution in [0.15, 0.2) is 78.9 Å². The van der Waals surface area contributed by atoms with E-state index in [4.69, 9.17) is 9.97 Å². The minimum absolute atomic E-state index is 0.0928. The molecule has 0 saturated carbocycles. The molecule has 2 heterocycles. The Morgan fingerprint density at radius 2 is 1.58 bits per heavy atom. The van der Waals surface area contributed by atoms with Crippen LogP contribution in [0.4, 0.5) is 5.82 Å². The summed E-state index contributed by atoms with van der Waals surface area (Å²) in [6, 6.07) is 26.2. The van der Waals surface area contributed by atoms with Gasteiger partial charge >= 0.3 is 0 Å². The minimum Gasteiger partial charge on any atom is -0.369 e. The molecule has 1 amide bonds. The molecule has 196 valence electrons. The summed E-state index contributed by atoms with van der Waals surface area (Å²) in [5, 5.41) is 4.58. The predicted octanol–water partition coefficient (Wildman–Crippen LogP) is 4.62. The number of carbonyl (C=O) groups is 1. The molecule has 0 atom stereocenters. The van der Waals surface area contributed by atoms with Crippen molar-refractivity contribution in [2.45, 2.75) is 13.0 Å². The molecule has 1 aromatic heterocycles. The monoisotopic (exact) mass is 508 g/mol. The van der Waals surface area contributed by atoms with Gasteiger partial charge in [0.1, 0.15) is 11.6 Å². The number of nitrogens with one attached hydrogen (secondary N) is 1. The first-order valence-electron chi connectivity index (χ1n) is 13.4. The fourth-order valence-corrected chi connectivity index (χ4v) is 4.95. The first kappa shape index (κ1) is 25.8. The van der Waals surface area contributed by atoms with Crippen molar-refractivity contribution in [3.05, 3.63) is 90.3 Å². The zero-order valence-electron chi connectivity index (χ0n) is 22.3. The van der Waals surface area contributed by atoms with Gasteiger partial charge in [0.2, 0.25) is 0 Å². The van der Waals surface area contributed by atoms with Crippen LogP contribution in [0.1, 0.15) is 22.6 Å². The third kappa shape index (κ3) is 6.18. The third-order valence-electron chi connectivity index (χ3n) is 6.99. The van der Waals surface area contributed by atoms with E-state index in [-0.39, 0.29) is 5.91 Å². The van der Waals surface area contributed by atoms with Crippen LogP contribution < -0.4 is 5.32 Å². The van der Waals surface area contributed by atoms with Crippen LogP contribution in [0, 0.1) is 0 Å². The maximum atomic E-state index is 13.5. The van der Waals surface area contributed by atoms with E-state index in [1.54, 1.807) is 0 Å². The topological polar surface area (TPSA) is 64.6 Å². The molecule has 0 spiro atoms. The number of rotatable bonds is 9. The smallest absolute Gasteiger partial charge is 0.254 e. The number of hydrogen-bond donors (Lipinski definition) is 1. The van der Waals surface area contributed by atoms with Crippen LogP contribution in [0.5, 0.6) is 0 Å². The first-order valence-corrected chi connectivity index (χ1v) is 13.4. The number of benzene rings is 3. The molecular weight excluding hydrogens is 472 g/mol. The lowest BCUT2D eigenvalue weighted by atomic mass is 9.98. The Labute approximate surface area is 225 Å². The van der Waals surface area contributed by atoms with E-state index in [0.29, 0.717) is 19.6 Å². The molecule has 1 aliphatic heterocycles. The maximum absolute atomic E-state index is 13.5. The zero-order valence-corrected chi connectivity index (χ0v) is 22.3. The standard InChI is InChI=1S/C31H36N6O/c1-35(2)18-10-17-32-30-27-15-8-9-16-28(27)33-29(34-30)23-36-19-21-37(22-20-36)31(38)26-14-7-6-13-25(26)24-11-4-3-5-12-24/h3-9,11-16H,10,17-23H2,1-2H3,(H,32,33,34). The number of anilines is 1. The third-order valence-corrected chi connectivity index (χ3v) is 6.99. The highest BCUT2D eigenvalue weighted by Crippen LogP contribution is 2.25. The molecule has 5 rings (SSSR count). The Morgan fingerprint density at radius 3 is 2.37 bits per heavy atom. The number of hydrogen-bond acceptors (Lipinski definition) is 6. The van der Waals surface area contributed by atoms with Gasteiger partial charge in [-0.2, -0.15) is 0 Å². The van der Waals surface area contributed by atoms with Crippen molar-refractivity contribution >= 4 is 22.6 Å². The van der Waals surface area contributed by atoms with Gasteiger partial charge in [-0.1, -0.05) is 60.7 Å². The number of fused-ring (bicyclic) bond motifs is 1. The summed E-state index contributed by atoms with van der Waals surface area (Å²) in [6.07, 6.45) is 1.05. The van der Waals surface area contributed by atoms with Gasteiger partial charge in [0, 0.05) is 43.7 Å². The predicted molar refractivity (Wildman–Crippen MR) is 154 cm³/mol.